The van der Waals surface area contributed by atoms with Gasteiger partial charge in [0.25, 0.3) is 5.91 Å². The van der Waals surface area contributed by atoms with E-state index in [9.17, 15) is 14.0 Å². The maximum Gasteiger partial charge on any atom is 0.325 e. The van der Waals surface area contributed by atoms with Crippen LogP contribution in [0.15, 0.2) is 66.2 Å². The average Bonchev–Trinajstić information content (AvgIpc) is 2.87. The Hall–Kier alpha value is -2.95. The fourth-order valence-electron chi connectivity index (χ4n) is 3.08. The fourth-order valence-corrected chi connectivity index (χ4v) is 3.08. The monoisotopic (exact) mass is 352 g/mol. The summed E-state index contributed by atoms with van der Waals surface area (Å²) in [5.74, 6) is -0.709. The molecule has 0 aliphatic carbocycles. The number of rotatable bonds is 5. The predicted molar refractivity (Wildman–Crippen MR) is 97.6 cm³/mol. The molecular formula is C21H21FN2O2. The number of amides is 3. The number of imide groups is 1. The highest BCUT2D eigenvalue weighted by Gasteiger charge is 2.51. The Balaban J connectivity index is 1.99. The average molecular weight is 352 g/mol. The zero-order chi connectivity index (χ0) is 18.7. The number of hydrogen-bond acceptors (Lipinski definition) is 2. The quantitative estimate of drug-likeness (QED) is 0.650. The van der Waals surface area contributed by atoms with Gasteiger partial charge in [0.15, 0.2) is 0 Å². The number of nitrogens with zero attached hydrogens (tertiary/aromatic N) is 1. The van der Waals surface area contributed by atoms with Gasteiger partial charge in [0.05, 0.1) is 6.54 Å². The molecule has 4 nitrogen and oxygen atoms in total. The van der Waals surface area contributed by atoms with E-state index in [1.807, 2.05) is 50.3 Å². The maximum absolute atomic E-state index is 13.4. The van der Waals surface area contributed by atoms with Gasteiger partial charge >= 0.3 is 6.03 Å². The highest BCUT2D eigenvalue weighted by Crippen LogP contribution is 2.34. The number of halogens is 1. The lowest BCUT2D eigenvalue weighted by molar-refractivity contribution is -0.132. The first-order valence-electron chi connectivity index (χ1n) is 8.50. The molecule has 134 valence electrons. The second kappa shape index (κ2) is 7.12. The van der Waals surface area contributed by atoms with E-state index in [1.54, 1.807) is 12.1 Å². The van der Waals surface area contributed by atoms with Crippen molar-refractivity contribution in [2.75, 3.05) is 0 Å². The molecule has 3 rings (SSSR count). The van der Waals surface area contributed by atoms with Crippen molar-refractivity contribution in [2.24, 2.45) is 0 Å². The first-order chi connectivity index (χ1) is 12.4. The van der Waals surface area contributed by atoms with Crippen LogP contribution in [0.25, 0.3) is 0 Å². The van der Waals surface area contributed by atoms with Gasteiger partial charge in [-0.05, 0) is 37.1 Å². The van der Waals surface area contributed by atoms with Crippen LogP contribution in [0.3, 0.4) is 0 Å². The van der Waals surface area contributed by atoms with E-state index < -0.39 is 11.6 Å². The van der Waals surface area contributed by atoms with Gasteiger partial charge < -0.3 is 5.32 Å². The van der Waals surface area contributed by atoms with Crippen LogP contribution < -0.4 is 5.32 Å². The summed E-state index contributed by atoms with van der Waals surface area (Å²) in [6.07, 6.45) is 2.23. The summed E-state index contributed by atoms with van der Waals surface area (Å²) in [7, 11) is 0. The van der Waals surface area contributed by atoms with Crippen molar-refractivity contribution in [2.45, 2.75) is 32.4 Å². The Morgan fingerprint density at radius 3 is 2.35 bits per heavy atom. The summed E-state index contributed by atoms with van der Waals surface area (Å²) in [4.78, 5) is 27.1. The third kappa shape index (κ3) is 3.38. The van der Waals surface area contributed by atoms with Crippen molar-refractivity contribution in [3.63, 3.8) is 0 Å². The Bertz CT molecular complexity index is 842. The molecule has 0 saturated carbocycles. The molecule has 5 heteroatoms. The van der Waals surface area contributed by atoms with Crippen LogP contribution in [0.1, 0.15) is 31.4 Å². The second-order valence-electron chi connectivity index (χ2n) is 6.70. The molecular weight excluding hydrogens is 331 g/mol. The third-order valence-corrected chi connectivity index (χ3v) is 4.51. The van der Waals surface area contributed by atoms with Crippen molar-refractivity contribution in [1.82, 2.24) is 10.2 Å². The fraction of sp³-hybridized carbons (Fsp3) is 0.238. The van der Waals surface area contributed by atoms with Crippen molar-refractivity contribution < 1.29 is 14.0 Å². The van der Waals surface area contributed by atoms with Crippen LogP contribution in [0.4, 0.5) is 9.18 Å². The van der Waals surface area contributed by atoms with E-state index in [1.165, 1.54) is 17.0 Å². The normalized spacial score (nSPS) is 19.4. The molecule has 1 heterocycles. The van der Waals surface area contributed by atoms with E-state index in [0.29, 0.717) is 12.0 Å². The van der Waals surface area contributed by atoms with Gasteiger partial charge in [-0.25, -0.2) is 9.18 Å². The lowest BCUT2D eigenvalue weighted by Gasteiger charge is -2.26. The number of carbonyl (C=O) groups is 2. The molecule has 1 saturated heterocycles. The van der Waals surface area contributed by atoms with E-state index >= 15 is 0 Å². The summed E-state index contributed by atoms with van der Waals surface area (Å²) in [6.45, 7) is 4.06. The van der Waals surface area contributed by atoms with Crippen LogP contribution in [0.5, 0.6) is 0 Å². The number of allylic oxidation sites excluding steroid dienone is 1. The summed E-state index contributed by atoms with van der Waals surface area (Å²) >= 11 is 0. The summed E-state index contributed by atoms with van der Waals surface area (Å²) in [5, 5.41) is 2.85. The van der Waals surface area contributed by atoms with Gasteiger partial charge in [-0.3, -0.25) is 9.69 Å². The zero-order valence-corrected chi connectivity index (χ0v) is 14.8. The predicted octanol–water partition coefficient (Wildman–Crippen LogP) is 4.13. The van der Waals surface area contributed by atoms with Gasteiger partial charge in [0.1, 0.15) is 11.4 Å². The zero-order valence-electron chi connectivity index (χ0n) is 14.8. The molecule has 1 atom stereocenters. The minimum atomic E-state index is -1.21. The molecule has 1 aliphatic rings. The van der Waals surface area contributed by atoms with Gasteiger partial charge in [-0.2, -0.15) is 0 Å². The van der Waals surface area contributed by atoms with Crippen molar-refractivity contribution in [3.05, 3.63) is 83.2 Å². The minimum absolute atomic E-state index is 0.198. The molecule has 0 aromatic heterocycles. The van der Waals surface area contributed by atoms with Crippen molar-refractivity contribution in [1.29, 1.82) is 0 Å². The molecule has 26 heavy (non-hydrogen) atoms. The molecule has 1 N–H and O–H groups in total. The van der Waals surface area contributed by atoms with Crippen LogP contribution >= 0.6 is 0 Å². The molecule has 2 aromatic rings. The van der Waals surface area contributed by atoms with Gasteiger partial charge in [-0.1, -0.05) is 54.1 Å². The molecule has 0 radical (unpaired) electrons. The van der Waals surface area contributed by atoms with Crippen LogP contribution in [0, 0.1) is 5.82 Å². The molecule has 1 fully saturated rings. The highest BCUT2D eigenvalue weighted by atomic mass is 19.1. The van der Waals surface area contributed by atoms with Crippen molar-refractivity contribution >= 4 is 11.9 Å². The molecule has 1 aliphatic heterocycles. The van der Waals surface area contributed by atoms with E-state index in [2.05, 4.69) is 5.32 Å². The lowest BCUT2D eigenvalue weighted by Crippen LogP contribution is -2.43. The molecule has 0 spiro atoms. The number of carbonyl (C=O) groups excluding carboxylic acids is 2. The Morgan fingerprint density at radius 1 is 1.08 bits per heavy atom. The molecule has 3 amide bonds. The third-order valence-electron chi connectivity index (χ3n) is 4.51. The van der Waals surface area contributed by atoms with Gasteiger partial charge in [-0.15, -0.1) is 0 Å². The highest BCUT2D eigenvalue weighted by molar-refractivity contribution is 6.07. The first-order valence-corrected chi connectivity index (χ1v) is 8.50. The Labute approximate surface area is 152 Å². The molecule has 1 unspecified atom stereocenters. The standard InChI is InChI=1S/C21H21FN2O2/c1-15(2)12-13-21(17-8-10-18(22)11-9-17)19(25)24(20(26)23-21)14-16-6-4-3-5-7-16/h3-12H,13-14H2,1-2H3,(H,23,26). The number of nitrogens with one attached hydrogen (secondary N) is 1. The van der Waals surface area contributed by atoms with Crippen LogP contribution in [-0.4, -0.2) is 16.8 Å². The second-order valence-corrected chi connectivity index (χ2v) is 6.70. The lowest BCUT2D eigenvalue weighted by atomic mass is 9.85. The minimum Gasteiger partial charge on any atom is -0.319 e. The summed E-state index contributed by atoms with van der Waals surface area (Å²) in [5.41, 5.74) is 1.27. The molecule has 2 aromatic carbocycles. The van der Waals surface area contributed by atoms with Crippen molar-refractivity contribution in [3.8, 4) is 0 Å². The Morgan fingerprint density at radius 2 is 1.73 bits per heavy atom. The van der Waals surface area contributed by atoms with E-state index in [0.717, 1.165) is 11.1 Å². The summed E-state index contributed by atoms with van der Waals surface area (Å²) in [6, 6.07) is 14.6. The SMILES string of the molecule is CC(C)=CCC1(c2ccc(F)cc2)NC(=O)N(Cc2ccccc2)C1=O. The van der Waals surface area contributed by atoms with E-state index in [-0.39, 0.29) is 18.3 Å². The topological polar surface area (TPSA) is 49.4 Å². The van der Waals surface area contributed by atoms with Crippen LogP contribution in [-0.2, 0) is 16.9 Å². The number of benzene rings is 2. The van der Waals surface area contributed by atoms with E-state index in [4.69, 9.17) is 0 Å². The maximum atomic E-state index is 13.4. The van der Waals surface area contributed by atoms with Crippen LogP contribution in [0.2, 0.25) is 0 Å². The number of urea groups is 1. The smallest absolute Gasteiger partial charge is 0.319 e. The van der Waals surface area contributed by atoms with Gasteiger partial charge in [0.2, 0.25) is 0 Å². The Kier molecular flexibility index (Phi) is 4.89. The van der Waals surface area contributed by atoms with Gasteiger partial charge in [0, 0.05) is 6.42 Å². The molecule has 0 bridgehead atoms. The largest absolute Gasteiger partial charge is 0.325 e. The number of hydrogen-bond donors (Lipinski definition) is 1. The first kappa shape index (κ1) is 17.9. The summed E-state index contributed by atoms with van der Waals surface area (Å²) < 4.78 is 13.4.